The molecule has 1 N–H and O–H groups in total. The van der Waals surface area contributed by atoms with Crippen LogP contribution in [0.5, 0.6) is 0 Å². The Bertz CT molecular complexity index is 1080. The number of benzene rings is 1. The lowest BCUT2D eigenvalue weighted by Gasteiger charge is -2.31. The summed E-state index contributed by atoms with van der Waals surface area (Å²) in [6.07, 6.45) is 8.91. The Morgan fingerprint density at radius 1 is 1.12 bits per heavy atom. The van der Waals surface area contributed by atoms with Gasteiger partial charge in [0.2, 0.25) is 0 Å². The van der Waals surface area contributed by atoms with Crippen LogP contribution in [0.3, 0.4) is 0 Å². The van der Waals surface area contributed by atoms with Gasteiger partial charge in [0.05, 0.1) is 11.3 Å². The smallest absolute Gasteiger partial charge is 0.289 e. The van der Waals surface area contributed by atoms with Gasteiger partial charge in [-0.1, -0.05) is 31.0 Å². The molecule has 1 saturated carbocycles. The fourth-order valence-electron chi connectivity index (χ4n) is 5.06. The minimum atomic E-state index is -0.0471. The molecule has 168 valence electrons. The van der Waals surface area contributed by atoms with Gasteiger partial charge in [-0.3, -0.25) is 14.3 Å². The molecule has 7 nitrogen and oxygen atoms in total. The van der Waals surface area contributed by atoms with Gasteiger partial charge in [0.15, 0.2) is 5.76 Å². The molecule has 1 saturated heterocycles. The second kappa shape index (κ2) is 8.81. The molecule has 0 spiro atoms. The fourth-order valence-corrected chi connectivity index (χ4v) is 5.06. The number of nitrogens with one attached hydrogen (secondary N) is 1. The number of aryl methyl sites for hydroxylation is 1. The average Bonchev–Trinajstić information content (AvgIpc) is 3.53. The van der Waals surface area contributed by atoms with E-state index in [1.165, 1.54) is 12.8 Å². The van der Waals surface area contributed by atoms with Crippen LogP contribution in [-0.2, 0) is 13.5 Å². The van der Waals surface area contributed by atoms with Crippen molar-refractivity contribution in [2.75, 3.05) is 13.1 Å². The number of carbonyl (C=O) groups is 2. The molecule has 1 aromatic carbocycles. The van der Waals surface area contributed by atoms with Gasteiger partial charge in [0, 0.05) is 37.8 Å². The number of hydrogen-bond donors (Lipinski definition) is 1. The third kappa shape index (κ3) is 4.29. The van der Waals surface area contributed by atoms with Crippen molar-refractivity contribution < 1.29 is 14.0 Å². The number of carbonyl (C=O) groups excluding carboxylic acids is 2. The molecule has 0 bridgehead atoms. The summed E-state index contributed by atoms with van der Waals surface area (Å²) in [7, 11) is 1.87. The SMILES string of the molecule is Cn1cc(C(=O)NC2CCCC2)c(CC2CCN(C(=O)c3cc4ccccc4o3)CC2)n1. The minimum absolute atomic E-state index is 0.00232. The van der Waals surface area contributed by atoms with Gasteiger partial charge in [-0.05, 0) is 50.2 Å². The van der Waals surface area contributed by atoms with Crippen LogP contribution in [-0.4, -0.2) is 45.6 Å². The van der Waals surface area contributed by atoms with E-state index in [0.29, 0.717) is 36.4 Å². The molecule has 3 aromatic rings. The van der Waals surface area contributed by atoms with Crippen LogP contribution in [0.2, 0.25) is 0 Å². The first-order valence-corrected chi connectivity index (χ1v) is 11.7. The van der Waals surface area contributed by atoms with Crippen LogP contribution >= 0.6 is 0 Å². The molecule has 2 amide bonds. The van der Waals surface area contributed by atoms with E-state index >= 15 is 0 Å². The van der Waals surface area contributed by atoms with Crippen molar-refractivity contribution in [3.8, 4) is 0 Å². The largest absolute Gasteiger partial charge is 0.451 e. The summed E-state index contributed by atoms with van der Waals surface area (Å²) in [6.45, 7) is 1.38. The lowest BCUT2D eigenvalue weighted by atomic mass is 9.91. The standard InChI is InChI=1S/C25H30N4O3/c1-28-16-20(24(30)26-19-7-3-4-8-19)21(27-28)14-17-10-12-29(13-11-17)25(31)23-15-18-6-2-5-9-22(18)32-23/h2,5-6,9,15-17,19H,3-4,7-8,10-14H2,1H3,(H,26,30). The third-order valence-electron chi connectivity index (χ3n) is 6.86. The first kappa shape index (κ1) is 20.8. The molecule has 2 aromatic heterocycles. The maximum Gasteiger partial charge on any atom is 0.289 e. The minimum Gasteiger partial charge on any atom is -0.451 e. The molecule has 32 heavy (non-hydrogen) atoms. The topological polar surface area (TPSA) is 80.4 Å². The monoisotopic (exact) mass is 434 g/mol. The van der Waals surface area contributed by atoms with Crippen molar-refractivity contribution in [2.24, 2.45) is 13.0 Å². The number of amides is 2. The van der Waals surface area contributed by atoms with E-state index in [-0.39, 0.29) is 11.8 Å². The van der Waals surface area contributed by atoms with Gasteiger partial charge in [-0.25, -0.2) is 0 Å². The molecule has 0 unspecified atom stereocenters. The van der Waals surface area contributed by atoms with Gasteiger partial charge in [0.1, 0.15) is 5.58 Å². The first-order valence-electron chi connectivity index (χ1n) is 11.7. The zero-order valence-electron chi connectivity index (χ0n) is 18.5. The molecule has 2 aliphatic rings. The first-order chi connectivity index (χ1) is 15.6. The lowest BCUT2D eigenvalue weighted by Crippen LogP contribution is -2.39. The number of nitrogens with zero attached hydrogens (tertiary/aromatic N) is 3. The average molecular weight is 435 g/mol. The summed E-state index contributed by atoms with van der Waals surface area (Å²) in [6, 6.07) is 9.81. The maximum absolute atomic E-state index is 12.9. The van der Waals surface area contributed by atoms with Gasteiger partial charge < -0.3 is 14.6 Å². The van der Waals surface area contributed by atoms with E-state index < -0.39 is 0 Å². The Morgan fingerprint density at radius 2 is 1.88 bits per heavy atom. The molecule has 0 radical (unpaired) electrons. The second-order valence-corrected chi connectivity index (χ2v) is 9.21. The molecular formula is C25H30N4O3. The number of aromatic nitrogens is 2. The Hall–Kier alpha value is -3.09. The van der Waals surface area contributed by atoms with Gasteiger partial charge >= 0.3 is 0 Å². The molecule has 2 fully saturated rings. The van der Waals surface area contributed by atoms with Crippen molar-refractivity contribution >= 4 is 22.8 Å². The zero-order valence-corrected chi connectivity index (χ0v) is 18.5. The highest BCUT2D eigenvalue weighted by Gasteiger charge is 2.28. The number of hydrogen-bond acceptors (Lipinski definition) is 4. The predicted molar refractivity (Wildman–Crippen MR) is 121 cm³/mol. The Labute approximate surface area is 187 Å². The van der Waals surface area contributed by atoms with E-state index in [0.717, 1.165) is 48.8 Å². The molecule has 0 atom stereocenters. The summed E-state index contributed by atoms with van der Waals surface area (Å²) >= 11 is 0. The Kier molecular flexibility index (Phi) is 5.72. The van der Waals surface area contributed by atoms with Crippen LogP contribution in [0.25, 0.3) is 11.0 Å². The zero-order chi connectivity index (χ0) is 22.1. The maximum atomic E-state index is 12.9. The molecule has 7 heteroatoms. The van der Waals surface area contributed by atoms with E-state index in [4.69, 9.17) is 4.42 Å². The number of para-hydroxylation sites is 1. The van der Waals surface area contributed by atoms with Crippen molar-refractivity contribution in [1.82, 2.24) is 20.0 Å². The van der Waals surface area contributed by atoms with E-state index in [2.05, 4.69) is 10.4 Å². The summed E-state index contributed by atoms with van der Waals surface area (Å²) < 4.78 is 7.49. The Morgan fingerprint density at radius 3 is 2.62 bits per heavy atom. The van der Waals surface area contributed by atoms with Crippen LogP contribution < -0.4 is 5.32 Å². The summed E-state index contributed by atoms with van der Waals surface area (Å²) in [5, 5.41) is 8.72. The van der Waals surface area contributed by atoms with Crippen molar-refractivity contribution in [1.29, 1.82) is 0 Å². The summed E-state index contributed by atoms with van der Waals surface area (Å²) in [5.41, 5.74) is 2.30. The van der Waals surface area contributed by atoms with Crippen molar-refractivity contribution in [3.05, 3.63) is 53.5 Å². The summed E-state index contributed by atoms with van der Waals surface area (Å²) in [5.74, 6) is 0.759. The number of fused-ring (bicyclic) bond motifs is 1. The van der Waals surface area contributed by atoms with Crippen LogP contribution in [0, 0.1) is 5.92 Å². The lowest BCUT2D eigenvalue weighted by molar-refractivity contribution is 0.0660. The summed E-state index contributed by atoms with van der Waals surface area (Å²) in [4.78, 5) is 27.6. The molecular weight excluding hydrogens is 404 g/mol. The molecule has 1 aliphatic carbocycles. The van der Waals surface area contributed by atoms with Crippen molar-refractivity contribution in [3.63, 3.8) is 0 Å². The number of rotatable bonds is 5. The van der Waals surface area contributed by atoms with E-state index in [1.54, 1.807) is 4.68 Å². The fraction of sp³-hybridized carbons (Fsp3) is 0.480. The van der Waals surface area contributed by atoms with Crippen LogP contribution in [0.4, 0.5) is 0 Å². The molecule has 1 aliphatic heterocycles. The number of piperidine rings is 1. The highest BCUT2D eigenvalue weighted by atomic mass is 16.3. The Balaban J connectivity index is 1.20. The third-order valence-corrected chi connectivity index (χ3v) is 6.86. The van der Waals surface area contributed by atoms with Crippen LogP contribution in [0.15, 0.2) is 40.9 Å². The van der Waals surface area contributed by atoms with Crippen LogP contribution in [0.1, 0.15) is 65.1 Å². The number of likely N-dealkylation sites (tertiary alicyclic amines) is 1. The van der Waals surface area contributed by atoms with E-state index in [9.17, 15) is 9.59 Å². The van der Waals surface area contributed by atoms with Gasteiger partial charge in [-0.2, -0.15) is 5.10 Å². The van der Waals surface area contributed by atoms with E-state index in [1.807, 2.05) is 48.5 Å². The normalized spacial score (nSPS) is 17.8. The predicted octanol–water partition coefficient (Wildman–Crippen LogP) is 3.93. The highest BCUT2D eigenvalue weighted by Crippen LogP contribution is 2.26. The second-order valence-electron chi connectivity index (χ2n) is 9.21. The van der Waals surface area contributed by atoms with Gasteiger partial charge in [-0.15, -0.1) is 0 Å². The van der Waals surface area contributed by atoms with Gasteiger partial charge in [0.25, 0.3) is 11.8 Å². The quantitative estimate of drug-likeness (QED) is 0.660. The highest BCUT2D eigenvalue weighted by molar-refractivity contribution is 5.96. The molecule has 3 heterocycles. The van der Waals surface area contributed by atoms with Crippen molar-refractivity contribution in [2.45, 2.75) is 51.0 Å². The molecule has 5 rings (SSSR count). The number of furan rings is 1.